The summed E-state index contributed by atoms with van der Waals surface area (Å²) in [6, 6.07) is 18.4. The quantitative estimate of drug-likeness (QED) is 0.221. The Bertz CT molecular complexity index is 1210. The van der Waals surface area contributed by atoms with E-state index >= 15 is 0 Å². The smallest absolute Gasteiger partial charge is 0.407 e. The molecular weight excluding hydrogens is 520 g/mol. The molecular formula is C31H44N6O4. The number of hydrogen-bond acceptors (Lipinski definition) is 9. The van der Waals surface area contributed by atoms with Gasteiger partial charge in [0.1, 0.15) is 5.60 Å². The van der Waals surface area contributed by atoms with Crippen LogP contribution >= 0.6 is 0 Å². The summed E-state index contributed by atoms with van der Waals surface area (Å²) in [5.41, 5.74) is 2.84. The SMILES string of the molecule is CC(C)(C)OC(=O)NCCOCCOCCNc1nc(NCc2ccccc2)nc(-c2ccc(C(C)(C)C)cc2)n1. The summed E-state index contributed by atoms with van der Waals surface area (Å²) < 4.78 is 16.3. The molecule has 0 unspecified atom stereocenters. The lowest BCUT2D eigenvalue weighted by Crippen LogP contribution is -2.34. The Hall–Kier alpha value is -3.76. The maximum atomic E-state index is 11.6. The van der Waals surface area contributed by atoms with E-state index in [0.29, 0.717) is 63.8 Å². The van der Waals surface area contributed by atoms with Crippen molar-refractivity contribution in [3.05, 3.63) is 65.7 Å². The zero-order valence-corrected chi connectivity index (χ0v) is 25.1. The number of amides is 1. The van der Waals surface area contributed by atoms with E-state index in [-0.39, 0.29) is 5.41 Å². The monoisotopic (exact) mass is 564 g/mol. The van der Waals surface area contributed by atoms with Crippen LogP contribution in [-0.4, -0.2) is 66.2 Å². The number of ether oxygens (including phenoxy) is 3. The second-order valence-electron chi connectivity index (χ2n) is 11.6. The summed E-state index contributed by atoms with van der Waals surface area (Å²) in [7, 11) is 0. The molecule has 0 atom stereocenters. The van der Waals surface area contributed by atoms with Crippen molar-refractivity contribution in [2.75, 3.05) is 50.2 Å². The molecule has 0 aliphatic rings. The maximum Gasteiger partial charge on any atom is 0.407 e. The molecule has 222 valence electrons. The molecule has 2 aromatic carbocycles. The number of aromatic nitrogens is 3. The Kier molecular flexibility index (Phi) is 11.9. The first-order valence-electron chi connectivity index (χ1n) is 14.0. The number of rotatable bonds is 14. The average molecular weight is 565 g/mol. The number of benzene rings is 2. The zero-order chi connectivity index (χ0) is 29.7. The molecule has 0 saturated carbocycles. The van der Waals surface area contributed by atoms with E-state index in [1.54, 1.807) is 0 Å². The second kappa shape index (κ2) is 15.3. The molecule has 0 saturated heterocycles. The third-order valence-electron chi connectivity index (χ3n) is 5.75. The van der Waals surface area contributed by atoms with Crippen molar-refractivity contribution in [2.24, 2.45) is 0 Å². The van der Waals surface area contributed by atoms with Crippen LogP contribution in [0.15, 0.2) is 54.6 Å². The lowest BCUT2D eigenvalue weighted by molar-refractivity contribution is 0.0415. The summed E-state index contributed by atoms with van der Waals surface area (Å²) in [4.78, 5) is 25.5. The van der Waals surface area contributed by atoms with Crippen molar-refractivity contribution in [2.45, 2.75) is 59.1 Å². The fourth-order valence-corrected chi connectivity index (χ4v) is 3.66. The van der Waals surface area contributed by atoms with Crippen LogP contribution < -0.4 is 16.0 Å². The van der Waals surface area contributed by atoms with Crippen molar-refractivity contribution in [3.63, 3.8) is 0 Å². The van der Waals surface area contributed by atoms with Crippen LogP contribution in [0.1, 0.15) is 52.7 Å². The van der Waals surface area contributed by atoms with E-state index in [1.807, 2.05) is 51.1 Å². The molecule has 0 spiro atoms. The number of nitrogens with zero attached hydrogens (tertiary/aromatic N) is 3. The van der Waals surface area contributed by atoms with E-state index in [9.17, 15) is 4.79 Å². The van der Waals surface area contributed by atoms with Gasteiger partial charge in [0.15, 0.2) is 5.82 Å². The molecule has 10 heteroatoms. The minimum atomic E-state index is -0.520. The molecule has 1 aromatic heterocycles. The van der Waals surface area contributed by atoms with Gasteiger partial charge in [-0.15, -0.1) is 0 Å². The highest BCUT2D eigenvalue weighted by Gasteiger charge is 2.16. The molecule has 0 fully saturated rings. The summed E-state index contributed by atoms with van der Waals surface area (Å²) in [6.07, 6.45) is -0.453. The van der Waals surface area contributed by atoms with Crippen LogP contribution in [0, 0.1) is 0 Å². The van der Waals surface area contributed by atoms with E-state index in [2.05, 4.69) is 75.9 Å². The average Bonchev–Trinajstić information content (AvgIpc) is 2.92. The van der Waals surface area contributed by atoms with Crippen LogP contribution in [0.4, 0.5) is 16.7 Å². The lowest BCUT2D eigenvalue weighted by Gasteiger charge is -2.19. The maximum absolute atomic E-state index is 11.6. The summed E-state index contributed by atoms with van der Waals surface area (Å²) in [6.45, 7) is 15.2. The molecule has 1 amide bonds. The van der Waals surface area contributed by atoms with Crippen LogP contribution in [0.25, 0.3) is 11.4 Å². The van der Waals surface area contributed by atoms with Gasteiger partial charge in [-0.1, -0.05) is 75.4 Å². The van der Waals surface area contributed by atoms with Crippen LogP contribution in [0.2, 0.25) is 0 Å². The number of anilines is 2. The predicted molar refractivity (Wildman–Crippen MR) is 162 cm³/mol. The Balaban J connectivity index is 1.48. The lowest BCUT2D eigenvalue weighted by atomic mass is 9.87. The molecule has 3 aromatic rings. The molecule has 0 radical (unpaired) electrons. The fraction of sp³-hybridized carbons (Fsp3) is 0.484. The van der Waals surface area contributed by atoms with Gasteiger partial charge in [-0.3, -0.25) is 0 Å². The van der Waals surface area contributed by atoms with Gasteiger partial charge in [-0.05, 0) is 37.3 Å². The van der Waals surface area contributed by atoms with Gasteiger partial charge in [0.2, 0.25) is 11.9 Å². The number of carbonyl (C=O) groups is 1. The Morgan fingerprint density at radius 2 is 1.34 bits per heavy atom. The van der Waals surface area contributed by atoms with Crippen LogP contribution in [-0.2, 0) is 26.2 Å². The largest absolute Gasteiger partial charge is 0.444 e. The summed E-state index contributed by atoms with van der Waals surface area (Å²) in [5.74, 6) is 1.56. The Labute approximate surface area is 243 Å². The van der Waals surface area contributed by atoms with E-state index in [4.69, 9.17) is 14.2 Å². The van der Waals surface area contributed by atoms with Gasteiger partial charge in [-0.25, -0.2) is 4.79 Å². The van der Waals surface area contributed by atoms with Crippen molar-refractivity contribution < 1.29 is 19.0 Å². The number of carbonyl (C=O) groups excluding carboxylic acids is 1. The van der Waals surface area contributed by atoms with Gasteiger partial charge in [0.25, 0.3) is 0 Å². The molecule has 0 bridgehead atoms. The van der Waals surface area contributed by atoms with Crippen LogP contribution in [0.5, 0.6) is 0 Å². The minimum Gasteiger partial charge on any atom is -0.444 e. The minimum absolute atomic E-state index is 0.0642. The third kappa shape index (κ3) is 12.1. The standard InChI is InChI=1S/C31H44N6O4/c1-30(2,3)25-14-12-24(13-15-25)26-35-27(37-28(36-26)34-22-23-10-8-7-9-11-23)32-16-18-39-20-21-40-19-17-33-29(38)41-31(4,5)6/h7-15H,16-22H2,1-6H3,(H,33,38)(H2,32,34,35,36,37). The normalized spacial score (nSPS) is 11.7. The van der Waals surface area contributed by atoms with Gasteiger partial charge in [0, 0.05) is 25.2 Å². The Morgan fingerprint density at radius 1 is 0.732 bits per heavy atom. The highest BCUT2D eigenvalue weighted by molar-refractivity contribution is 5.67. The van der Waals surface area contributed by atoms with Gasteiger partial charge < -0.3 is 30.2 Å². The predicted octanol–water partition coefficient (Wildman–Crippen LogP) is 5.42. The summed E-state index contributed by atoms with van der Waals surface area (Å²) >= 11 is 0. The molecule has 0 aliphatic heterocycles. The molecule has 3 rings (SSSR count). The van der Waals surface area contributed by atoms with Crippen molar-refractivity contribution in [1.82, 2.24) is 20.3 Å². The van der Waals surface area contributed by atoms with Crippen LogP contribution in [0.3, 0.4) is 0 Å². The van der Waals surface area contributed by atoms with E-state index in [1.165, 1.54) is 5.56 Å². The van der Waals surface area contributed by atoms with Gasteiger partial charge in [0.05, 0.1) is 26.4 Å². The molecule has 10 nitrogen and oxygen atoms in total. The number of nitrogens with one attached hydrogen (secondary N) is 3. The highest BCUT2D eigenvalue weighted by Crippen LogP contribution is 2.25. The number of hydrogen-bond donors (Lipinski definition) is 3. The number of alkyl carbamates (subject to hydrolysis) is 1. The van der Waals surface area contributed by atoms with Gasteiger partial charge >= 0.3 is 6.09 Å². The first kappa shape index (κ1) is 31.8. The van der Waals surface area contributed by atoms with Crippen molar-refractivity contribution in [3.8, 4) is 11.4 Å². The topological polar surface area (TPSA) is 120 Å². The molecule has 0 aliphatic carbocycles. The van der Waals surface area contributed by atoms with E-state index in [0.717, 1.165) is 11.1 Å². The van der Waals surface area contributed by atoms with Crippen molar-refractivity contribution >= 4 is 18.0 Å². The zero-order valence-electron chi connectivity index (χ0n) is 25.1. The second-order valence-corrected chi connectivity index (χ2v) is 11.6. The third-order valence-corrected chi connectivity index (χ3v) is 5.75. The highest BCUT2D eigenvalue weighted by atomic mass is 16.6. The van der Waals surface area contributed by atoms with Crippen molar-refractivity contribution in [1.29, 1.82) is 0 Å². The fourth-order valence-electron chi connectivity index (χ4n) is 3.66. The van der Waals surface area contributed by atoms with E-state index < -0.39 is 11.7 Å². The van der Waals surface area contributed by atoms with Gasteiger partial charge in [-0.2, -0.15) is 15.0 Å². The first-order valence-corrected chi connectivity index (χ1v) is 14.0. The molecule has 1 heterocycles. The molecule has 41 heavy (non-hydrogen) atoms. The Morgan fingerprint density at radius 3 is 1.95 bits per heavy atom. The first-order chi connectivity index (χ1) is 19.5. The summed E-state index contributed by atoms with van der Waals surface area (Å²) in [5, 5.41) is 9.21. The molecule has 3 N–H and O–H groups in total.